The highest BCUT2D eigenvalue weighted by Gasteiger charge is 2.10. The van der Waals surface area contributed by atoms with Crippen molar-refractivity contribution in [2.24, 2.45) is 0 Å². The van der Waals surface area contributed by atoms with E-state index in [1.807, 2.05) is 62.4 Å². The van der Waals surface area contributed by atoms with Gasteiger partial charge in [-0.15, -0.1) is 0 Å². The molecule has 0 radical (unpaired) electrons. The van der Waals surface area contributed by atoms with Crippen LogP contribution in [0.1, 0.15) is 11.1 Å². The second-order valence-corrected chi connectivity index (χ2v) is 5.69. The van der Waals surface area contributed by atoms with E-state index in [-0.39, 0.29) is 18.0 Å². The smallest absolute Gasteiger partial charge is 0.251 e. The number of amides is 1. The van der Waals surface area contributed by atoms with Crippen molar-refractivity contribution < 1.29 is 4.79 Å². The van der Waals surface area contributed by atoms with Crippen LogP contribution in [-0.2, 0) is 11.3 Å². The van der Waals surface area contributed by atoms with Gasteiger partial charge in [0.05, 0.1) is 5.52 Å². The second-order valence-electron chi connectivity index (χ2n) is 5.69. The zero-order valence-corrected chi connectivity index (χ0v) is 13.2. The molecule has 3 aromatic rings. The number of para-hydroxylation sites is 1. The first kappa shape index (κ1) is 15.0. The van der Waals surface area contributed by atoms with Crippen LogP contribution >= 0.6 is 0 Å². The summed E-state index contributed by atoms with van der Waals surface area (Å²) in [6.07, 6.45) is 0. The number of carbonyl (C=O) groups excluding carboxylic acids is 1. The maximum Gasteiger partial charge on any atom is 0.251 e. The number of nitrogens with zero attached hydrogens (tertiary/aromatic N) is 1. The van der Waals surface area contributed by atoms with Crippen LogP contribution in [0.2, 0.25) is 0 Å². The molecule has 0 saturated carbocycles. The number of pyridine rings is 1. The van der Waals surface area contributed by atoms with Crippen LogP contribution in [0.15, 0.2) is 59.4 Å². The standard InChI is InChI=1S/C19H18N2O2/c1-13-6-5-7-15(10-13)20-18(22)12-21-17-9-4-3-8-16(17)14(2)11-19(21)23/h3-11H,12H2,1-2H3,(H,20,22). The van der Waals surface area contributed by atoms with E-state index in [1.54, 1.807) is 6.07 Å². The van der Waals surface area contributed by atoms with E-state index in [2.05, 4.69) is 5.32 Å². The Morgan fingerprint density at radius 3 is 2.61 bits per heavy atom. The van der Waals surface area contributed by atoms with Crippen molar-refractivity contribution in [3.8, 4) is 0 Å². The Morgan fingerprint density at radius 1 is 1.04 bits per heavy atom. The fourth-order valence-corrected chi connectivity index (χ4v) is 2.73. The molecule has 0 fully saturated rings. The number of carbonyl (C=O) groups is 1. The highest BCUT2D eigenvalue weighted by Crippen LogP contribution is 2.16. The summed E-state index contributed by atoms with van der Waals surface area (Å²) >= 11 is 0. The van der Waals surface area contributed by atoms with E-state index in [0.717, 1.165) is 27.7 Å². The third kappa shape index (κ3) is 3.16. The molecule has 23 heavy (non-hydrogen) atoms. The monoisotopic (exact) mass is 306 g/mol. The summed E-state index contributed by atoms with van der Waals surface area (Å²) < 4.78 is 1.51. The maximum atomic E-state index is 12.3. The number of anilines is 1. The molecule has 0 aliphatic carbocycles. The molecule has 1 amide bonds. The van der Waals surface area contributed by atoms with Gasteiger partial charge >= 0.3 is 0 Å². The molecule has 0 atom stereocenters. The SMILES string of the molecule is Cc1cccc(NC(=O)Cn2c(=O)cc(C)c3ccccc32)c1. The summed E-state index contributed by atoms with van der Waals surface area (Å²) in [5, 5.41) is 3.82. The average Bonchev–Trinajstić information content (AvgIpc) is 2.51. The first-order valence-corrected chi connectivity index (χ1v) is 7.50. The van der Waals surface area contributed by atoms with Crippen molar-refractivity contribution in [1.29, 1.82) is 0 Å². The van der Waals surface area contributed by atoms with Crippen molar-refractivity contribution in [2.75, 3.05) is 5.32 Å². The number of hydrogen-bond acceptors (Lipinski definition) is 2. The molecule has 0 bridgehead atoms. The molecule has 4 nitrogen and oxygen atoms in total. The van der Waals surface area contributed by atoms with Crippen molar-refractivity contribution >= 4 is 22.5 Å². The predicted octanol–water partition coefficient (Wildman–Crippen LogP) is 3.26. The van der Waals surface area contributed by atoms with Gasteiger partial charge in [-0.1, -0.05) is 30.3 Å². The Kier molecular flexibility index (Phi) is 3.98. The number of nitrogens with one attached hydrogen (secondary N) is 1. The Hall–Kier alpha value is -2.88. The number of rotatable bonds is 3. The van der Waals surface area contributed by atoms with Crippen LogP contribution in [0.4, 0.5) is 5.69 Å². The molecular formula is C19H18N2O2. The van der Waals surface area contributed by atoms with Gasteiger partial charge in [0.15, 0.2) is 0 Å². The summed E-state index contributed by atoms with van der Waals surface area (Å²) in [5.41, 5.74) is 3.33. The molecule has 3 rings (SSSR count). The largest absolute Gasteiger partial charge is 0.325 e. The Balaban J connectivity index is 1.92. The summed E-state index contributed by atoms with van der Waals surface area (Å²) in [6.45, 7) is 3.86. The molecule has 0 spiro atoms. The van der Waals surface area contributed by atoms with E-state index >= 15 is 0 Å². The number of aryl methyl sites for hydroxylation is 2. The zero-order valence-electron chi connectivity index (χ0n) is 13.2. The lowest BCUT2D eigenvalue weighted by molar-refractivity contribution is -0.116. The van der Waals surface area contributed by atoms with Crippen LogP contribution < -0.4 is 10.9 Å². The molecule has 1 aromatic heterocycles. The predicted molar refractivity (Wildman–Crippen MR) is 92.8 cm³/mol. The van der Waals surface area contributed by atoms with Gasteiger partial charge in [0.25, 0.3) is 5.56 Å². The average molecular weight is 306 g/mol. The molecule has 0 aliphatic heterocycles. The number of aromatic nitrogens is 1. The van der Waals surface area contributed by atoms with Crippen molar-refractivity contribution in [2.45, 2.75) is 20.4 Å². The Bertz CT molecular complexity index is 941. The van der Waals surface area contributed by atoms with Gasteiger partial charge in [-0.05, 0) is 43.2 Å². The zero-order chi connectivity index (χ0) is 16.4. The molecule has 116 valence electrons. The van der Waals surface area contributed by atoms with E-state index in [0.29, 0.717) is 0 Å². The highest BCUT2D eigenvalue weighted by molar-refractivity contribution is 5.92. The van der Waals surface area contributed by atoms with Gasteiger partial charge in [-0.3, -0.25) is 14.2 Å². The number of hydrogen-bond donors (Lipinski definition) is 1. The van der Waals surface area contributed by atoms with Gasteiger partial charge in [-0.25, -0.2) is 0 Å². The minimum atomic E-state index is -0.216. The van der Waals surface area contributed by atoms with Crippen molar-refractivity contribution in [3.05, 3.63) is 76.1 Å². The molecule has 4 heteroatoms. The fraction of sp³-hybridized carbons (Fsp3) is 0.158. The Labute approximate surface area is 134 Å². The van der Waals surface area contributed by atoms with Gasteiger partial charge in [0.2, 0.25) is 5.91 Å². The third-order valence-electron chi connectivity index (χ3n) is 3.83. The van der Waals surface area contributed by atoms with E-state index in [4.69, 9.17) is 0 Å². The van der Waals surface area contributed by atoms with Gasteiger partial charge < -0.3 is 5.32 Å². The topological polar surface area (TPSA) is 51.1 Å². The summed E-state index contributed by atoms with van der Waals surface area (Å²) in [7, 11) is 0. The lowest BCUT2D eigenvalue weighted by Crippen LogP contribution is -2.27. The third-order valence-corrected chi connectivity index (χ3v) is 3.83. The van der Waals surface area contributed by atoms with Crippen LogP contribution in [0.25, 0.3) is 10.9 Å². The van der Waals surface area contributed by atoms with E-state index < -0.39 is 0 Å². The van der Waals surface area contributed by atoms with Crippen molar-refractivity contribution in [1.82, 2.24) is 4.57 Å². The van der Waals surface area contributed by atoms with Crippen LogP contribution in [0.5, 0.6) is 0 Å². The molecule has 1 heterocycles. The van der Waals surface area contributed by atoms with Gasteiger partial charge in [0, 0.05) is 17.1 Å². The molecule has 0 unspecified atom stereocenters. The normalized spacial score (nSPS) is 10.7. The minimum Gasteiger partial charge on any atom is -0.325 e. The molecular weight excluding hydrogens is 288 g/mol. The van der Waals surface area contributed by atoms with Crippen LogP contribution in [0.3, 0.4) is 0 Å². The number of benzene rings is 2. The van der Waals surface area contributed by atoms with Gasteiger partial charge in [0.1, 0.15) is 6.54 Å². The molecule has 2 aromatic carbocycles. The fourth-order valence-electron chi connectivity index (χ4n) is 2.73. The van der Waals surface area contributed by atoms with E-state index in [9.17, 15) is 9.59 Å². The highest BCUT2D eigenvalue weighted by atomic mass is 16.2. The molecule has 1 N–H and O–H groups in total. The molecule has 0 saturated heterocycles. The second kappa shape index (κ2) is 6.08. The summed E-state index contributed by atoms with van der Waals surface area (Å²) in [4.78, 5) is 24.6. The van der Waals surface area contributed by atoms with Gasteiger partial charge in [-0.2, -0.15) is 0 Å². The summed E-state index contributed by atoms with van der Waals surface area (Å²) in [5.74, 6) is -0.216. The first-order valence-electron chi connectivity index (χ1n) is 7.50. The molecule has 0 aliphatic rings. The first-order chi connectivity index (χ1) is 11.0. The number of fused-ring (bicyclic) bond motifs is 1. The lowest BCUT2D eigenvalue weighted by atomic mass is 10.1. The maximum absolute atomic E-state index is 12.3. The summed E-state index contributed by atoms with van der Waals surface area (Å²) in [6, 6.07) is 16.8. The lowest BCUT2D eigenvalue weighted by Gasteiger charge is -2.12. The minimum absolute atomic E-state index is 0.00638. The Morgan fingerprint density at radius 2 is 1.83 bits per heavy atom. The quantitative estimate of drug-likeness (QED) is 0.807. The van der Waals surface area contributed by atoms with E-state index in [1.165, 1.54) is 4.57 Å². The van der Waals surface area contributed by atoms with Crippen LogP contribution in [0, 0.1) is 13.8 Å². The van der Waals surface area contributed by atoms with Crippen LogP contribution in [-0.4, -0.2) is 10.5 Å². The van der Waals surface area contributed by atoms with Crippen molar-refractivity contribution in [3.63, 3.8) is 0 Å².